The van der Waals surface area contributed by atoms with Crippen LogP contribution in [0.3, 0.4) is 0 Å². The number of aromatic nitrogens is 2. The van der Waals surface area contributed by atoms with Crippen molar-refractivity contribution in [2.45, 2.75) is 64.8 Å². The van der Waals surface area contributed by atoms with Gasteiger partial charge in [-0.3, -0.25) is 9.69 Å². The highest BCUT2D eigenvalue weighted by molar-refractivity contribution is 6.03. The summed E-state index contributed by atoms with van der Waals surface area (Å²) in [5.41, 5.74) is 5.23. The largest absolute Gasteiger partial charge is 0.444 e. The van der Waals surface area contributed by atoms with Crippen LogP contribution in [0.4, 0.5) is 10.5 Å². The van der Waals surface area contributed by atoms with E-state index in [1.165, 1.54) is 18.4 Å². The molecule has 218 valence electrons. The Kier molecular flexibility index (Phi) is 8.45. The number of rotatable bonds is 9. The number of nitrogens with one attached hydrogen (secondary N) is 2. The van der Waals surface area contributed by atoms with Crippen LogP contribution in [-0.2, 0) is 11.3 Å². The van der Waals surface area contributed by atoms with Crippen molar-refractivity contribution in [3.63, 3.8) is 0 Å². The summed E-state index contributed by atoms with van der Waals surface area (Å²) in [6.07, 6.45) is 1.93. The summed E-state index contributed by atoms with van der Waals surface area (Å²) in [5, 5.41) is 10.5. The number of carbonyl (C=O) groups is 2. The molecule has 5 rings (SSSR count). The molecule has 0 aliphatic heterocycles. The Labute approximate surface area is 247 Å². The summed E-state index contributed by atoms with van der Waals surface area (Å²) in [5.74, 6) is -0.253. The van der Waals surface area contributed by atoms with Crippen LogP contribution in [0.5, 0.6) is 0 Å². The van der Waals surface area contributed by atoms with Gasteiger partial charge in [0.15, 0.2) is 0 Å². The molecular weight excluding hydrogens is 526 g/mol. The molecule has 0 bridgehead atoms. The Hall–Kier alpha value is -4.43. The Morgan fingerprint density at radius 1 is 0.976 bits per heavy atom. The maximum Gasteiger partial charge on any atom is 0.407 e. The predicted molar refractivity (Wildman–Crippen MR) is 165 cm³/mol. The second kappa shape index (κ2) is 12.2. The van der Waals surface area contributed by atoms with E-state index in [-0.39, 0.29) is 18.5 Å². The first-order valence-corrected chi connectivity index (χ1v) is 14.4. The molecule has 1 saturated carbocycles. The van der Waals surface area contributed by atoms with Crippen LogP contribution in [0.1, 0.15) is 72.5 Å². The van der Waals surface area contributed by atoms with Crippen molar-refractivity contribution >= 4 is 17.7 Å². The zero-order chi connectivity index (χ0) is 29.9. The molecule has 1 atom stereocenters. The minimum absolute atomic E-state index is 0.0975. The van der Waals surface area contributed by atoms with Crippen LogP contribution >= 0.6 is 0 Å². The van der Waals surface area contributed by atoms with E-state index in [9.17, 15) is 9.59 Å². The maximum atomic E-state index is 13.6. The average molecular weight is 566 g/mol. The van der Waals surface area contributed by atoms with Gasteiger partial charge in [-0.25, -0.2) is 9.48 Å². The number of benzene rings is 3. The van der Waals surface area contributed by atoms with Gasteiger partial charge in [-0.2, -0.15) is 5.10 Å². The lowest BCUT2D eigenvalue weighted by atomic mass is 9.96. The zero-order valence-corrected chi connectivity index (χ0v) is 24.9. The van der Waals surface area contributed by atoms with E-state index in [2.05, 4.69) is 64.1 Å². The molecule has 1 heterocycles. The highest BCUT2D eigenvalue weighted by Gasteiger charge is 2.32. The fourth-order valence-corrected chi connectivity index (χ4v) is 5.12. The standard InChI is InChI=1S/C34H39N5O3/c1-23-19-30(39(37-23)29-16-9-11-24(20-29)22-35-33(41)42-34(2,3)4)32(40)36-27-15-10-14-26(21-27)31(38(5)28-17-18-28)25-12-7-6-8-13-25/h6-16,19-21,28,31H,17-18,22H2,1-5H3,(H,35,41)(H,36,40). The second-order valence-corrected chi connectivity index (χ2v) is 11.9. The van der Waals surface area contributed by atoms with Gasteiger partial charge >= 0.3 is 6.09 Å². The fraction of sp³-hybridized carbons (Fsp3) is 0.324. The Balaban J connectivity index is 1.35. The number of alkyl carbamates (subject to hydrolysis) is 1. The van der Waals surface area contributed by atoms with Gasteiger partial charge in [-0.15, -0.1) is 0 Å². The van der Waals surface area contributed by atoms with Crippen LogP contribution in [-0.4, -0.2) is 45.4 Å². The summed E-state index contributed by atoms with van der Waals surface area (Å²) >= 11 is 0. The van der Waals surface area contributed by atoms with Crippen LogP contribution in [0, 0.1) is 6.92 Å². The van der Waals surface area contributed by atoms with E-state index in [1.54, 1.807) is 10.7 Å². The Bertz CT molecular complexity index is 1550. The van der Waals surface area contributed by atoms with Gasteiger partial charge in [0, 0.05) is 18.3 Å². The van der Waals surface area contributed by atoms with Gasteiger partial charge in [0.25, 0.3) is 5.91 Å². The third-order valence-electron chi connectivity index (χ3n) is 7.16. The molecule has 1 aromatic heterocycles. The molecule has 3 aromatic carbocycles. The van der Waals surface area contributed by atoms with Crippen molar-refractivity contribution in [1.82, 2.24) is 20.0 Å². The lowest BCUT2D eigenvalue weighted by molar-refractivity contribution is 0.0523. The Morgan fingerprint density at radius 3 is 2.40 bits per heavy atom. The second-order valence-electron chi connectivity index (χ2n) is 11.9. The molecule has 2 amide bonds. The molecule has 1 fully saturated rings. The van der Waals surface area contributed by atoms with E-state index in [0.717, 1.165) is 28.2 Å². The van der Waals surface area contributed by atoms with Crippen LogP contribution in [0.2, 0.25) is 0 Å². The van der Waals surface area contributed by atoms with Gasteiger partial charge < -0.3 is 15.4 Å². The van der Waals surface area contributed by atoms with Crippen molar-refractivity contribution in [2.24, 2.45) is 0 Å². The average Bonchev–Trinajstić information content (AvgIpc) is 3.73. The number of anilines is 1. The van der Waals surface area contributed by atoms with Gasteiger partial charge in [0.05, 0.1) is 17.4 Å². The summed E-state index contributed by atoms with van der Waals surface area (Å²) < 4.78 is 6.98. The van der Waals surface area contributed by atoms with Gasteiger partial charge in [0.1, 0.15) is 11.3 Å². The Morgan fingerprint density at radius 2 is 1.69 bits per heavy atom. The van der Waals surface area contributed by atoms with Crippen molar-refractivity contribution < 1.29 is 14.3 Å². The first kappa shape index (κ1) is 29.1. The quantitative estimate of drug-likeness (QED) is 0.238. The zero-order valence-electron chi connectivity index (χ0n) is 24.9. The third kappa shape index (κ3) is 7.25. The number of ether oxygens (including phenoxy) is 1. The normalized spacial score (nSPS) is 14.0. The third-order valence-corrected chi connectivity index (χ3v) is 7.16. The summed E-state index contributed by atoms with van der Waals surface area (Å²) in [4.78, 5) is 28.2. The number of hydrogen-bond donors (Lipinski definition) is 2. The van der Waals surface area contributed by atoms with Crippen molar-refractivity contribution in [3.8, 4) is 5.69 Å². The maximum absolute atomic E-state index is 13.6. The van der Waals surface area contributed by atoms with Crippen molar-refractivity contribution in [2.75, 3.05) is 12.4 Å². The van der Waals surface area contributed by atoms with E-state index < -0.39 is 11.7 Å². The lowest BCUT2D eigenvalue weighted by Crippen LogP contribution is -2.32. The van der Waals surface area contributed by atoms with E-state index >= 15 is 0 Å². The van der Waals surface area contributed by atoms with Crippen molar-refractivity contribution in [3.05, 3.63) is 113 Å². The number of carbonyl (C=O) groups excluding carboxylic acids is 2. The van der Waals surface area contributed by atoms with Gasteiger partial charge in [-0.1, -0.05) is 54.6 Å². The predicted octanol–water partition coefficient (Wildman–Crippen LogP) is 6.64. The molecule has 1 aliphatic rings. The number of nitrogens with zero attached hydrogens (tertiary/aromatic N) is 3. The molecule has 42 heavy (non-hydrogen) atoms. The van der Waals surface area contributed by atoms with Crippen molar-refractivity contribution in [1.29, 1.82) is 0 Å². The first-order valence-electron chi connectivity index (χ1n) is 14.4. The number of amides is 2. The van der Waals surface area contributed by atoms with Crippen LogP contribution in [0.25, 0.3) is 5.69 Å². The summed E-state index contributed by atoms with van der Waals surface area (Å²) in [6, 6.07) is 28.6. The lowest BCUT2D eigenvalue weighted by Gasteiger charge is -2.29. The summed E-state index contributed by atoms with van der Waals surface area (Å²) in [7, 11) is 2.18. The minimum atomic E-state index is -0.574. The number of hydrogen-bond acceptors (Lipinski definition) is 5. The molecule has 4 aromatic rings. The molecular formula is C34H39N5O3. The smallest absolute Gasteiger partial charge is 0.407 e. The van der Waals surface area contributed by atoms with E-state index in [4.69, 9.17) is 4.74 Å². The van der Waals surface area contributed by atoms with Gasteiger partial charge in [0.2, 0.25) is 0 Å². The summed E-state index contributed by atoms with van der Waals surface area (Å²) in [6.45, 7) is 7.62. The van der Waals surface area contributed by atoms with E-state index in [1.807, 2.05) is 70.2 Å². The SMILES string of the molecule is Cc1cc(C(=O)Nc2cccc(C(c3ccccc3)N(C)C3CC3)c2)n(-c2cccc(CNC(=O)OC(C)(C)C)c2)n1. The van der Waals surface area contributed by atoms with Crippen LogP contribution in [0.15, 0.2) is 84.9 Å². The molecule has 1 aliphatic carbocycles. The molecule has 8 nitrogen and oxygen atoms in total. The topological polar surface area (TPSA) is 88.5 Å². The molecule has 0 radical (unpaired) electrons. The minimum Gasteiger partial charge on any atom is -0.444 e. The molecule has 0 spiro atoms. The monoisotopic (exact) mass is 565 g/mol. The molecule has 2 N–H and O–H groups in total. The molecule has 1 unspecified atom stereocenters. The molecule has 0 saturated heterocycles. The van der Waals surface area contributed by atoms with Gasteiger partial charge in [-0.05, 0) is 94.6 Å². The fourth-order valence-electron chi connectivity index (χ4n) is 5.12. The first-order chi connectivity index (χ1) is 20.1. The highest BCUT2D eigenvalue weighted by Crippen LogP contribution is 2.37. The number of aryl methyl sites for hydroxylation is 1. The van der Waals surface area contributed by atoms with E-state index in [0.29, 0.717) is 11.7 Å². The highest BCUT2D eigenvalue weighted by atomic mass is 16.6. The molecule has 8 heteroatoms. The van der Waals surface area contributed by atoms with Crippen LogP contribution < -0.4 is 10.6 Å².